The first kappa shape index (κ1) is 7.15. The Labute approximate surface area is 77.5 Å². The standard InChI is InChI=1S/C11H11NO/c1-2-11-6-9-3-5-13-8-10(9)7-12(11)4-1/h1,3-4,6-7H,2,5,8H2. The SMILES string of the molecule is C1=CN2C=C3COCC=C3C=C2C1. The van der Waals surface area contributed by atoms with Crippen molar-refractivity contribution in [2.24, 2.45) is 0 Å². The molecule has 0 bridgehead atoms. The molecule has 0 saturated carbocycles. The van der Waals surface area contributed by atoms with E-state index in [2.05, 4.69) is 35.5 Å². The highest BCUT2D eigenvalue weighted by atomic mass is 16.5. The van der Waals surface area contributed by atoms with E-state index in [4.69, 9.17) is 4.74 Å². The fraction of sp³-hybridized carbons (Fsp3) is 0.273. The van der Waals surface area contributed by atoms with Crippen LogP contribution in [-0.4, -0.2) is 18.1 Å². The van der Waals surface area contributed by atoms with Gasteiger partial charge in [-0.05, 0) is 11.6 Å². The second-order valence-electron chi connectivity index (χ2n) is 3.46. The summed E-state index contributed by atoms with van der Waals surface area (Å²) in [7, 11) is 0. The molecular formula is C11H11NO. The molecule has 0 atom stereocenters. The zero-order valence-corrected chi connectivity index (χ0v) is 7.36. The molecule has 0 saturated heterocycles. The summed E-state index contributed by atoms with van der Waals surface area (Å²) >= 11 is 0. The van der Waals surface area contributed by atoms with Gasteiger partial charge in [-0.3, -0.25) is 0 Å². The van der Waals surface area contributed by atoms with Gasteiger partial charge in [0.1, 0.15) is 0 Å². The Bertz CT molecular complexity index is 360. The molecule has 13 heavy (non-hydrogen) atoms. The Morgan fingerprint density at radius 1 is 1.38 bits per heavy atom. The highest BCUT2D eigenvalue weighted by Gasteiger charge is 2.19. The van der Waals surface area contributed by atoms with Crippen molar-refractivity contribution in [1.29, 1.82) is 0 Å². The Hall–Kier alpha value is -1.28. The normalized spacial score (nSPS) is 24.6. The number of ether oxygens (including phenoxy) is 1. The molecule has 3 rings (SSSR count). The first-order valence-electron chi connectivity index (χ1n) is 4.58. The smallest absolute Gasteiger partial charge is 0.0741 e. The molecule has 0 amide bonds. The summed E-state index contributed by atoms with van der Waals surface area (Å²) in [5.41, 5.74) is 4.01. The van der Waals surface area contributed by atoms with Crippen molar-refractivity contribution in [1.82, 2.24) is 4.90 Å². The predicted octanol–water partition coefficient (Wildman–Crippen LogP) is 1.94. The van der Waals surface area contributed by atoms with Crippen LogP contribution < -0.4 is 0 Å². The number of fused-ring (bicyclic) bond motifs is 2. The second-order valence-corrected chi connectivity index (χ2v) is 3.46. The third kappa shape index (κ3) is 1.06. The molecule has 0 fully saturated rings. The third-order valence-electron chi connectivity index (χ3n) is 2.59. The van der Waals surface area contributed by atoms with Crippen molar-refractivity contribution in [3.8, 4) is 0 Å². The second kappa shape index (κ2) is 2.60. The molecule has 3 aliphatic heterocycles. The van der Waals surface area contributed by atoms with Gasteiger partial charge < -0.3 is 9.64 Å². The number of hydrogen-bond donors (Lipinski definition) is 0. The van der Waals surface area contributed by atoms with E-state index in [1.54, 1.807) is 0 Å². The summed E-state index contributed by atoms with van der Waals surface area (Å²) in [6, 6.07) is 0. The van der Waals surface area contributed by atoms with Crippen LogP contribution in [0.3, 0.4) is 0 Å². The summed E-state index contributed by atoms with van der Waals surface area (Å²) < 4.78 is 5.36. The fourth-order valence-corrected chi connectivity index (χ4v) is 1.89. The van der Waals surface area contributed by atoms with E-state index in [0.29, 0.717) is 0 Å². The van der Waals surface area contributed by atoms with E-state index in [-0.39, 0.29) is 0 Å². The lowest BCUT2D eigenvalue weighted by Gasteiger charge is -2.25. The Balaban J connectivity index is 2.04. The van der Waals surface area contributed by atoms with Gasteiger partial charge in [0.2, 0.25) is 0 Å². The zero-order chi connectivity index (χ0) is 8.67. The molecule has 0 aromatic heterocycles. The van der Waals surface area contributed by atoms with E-state index in [1.165, 1.54) is 16.8 Å². The van der Waals surface area contributed by atoms with E-state index in [1.807, 2.05) is 0 Å². The molecule has 2 nitrogen and oxygen atoms in total. The molecule has 0 aromatic rings. The summed E-state index contributed by atoms with van der Waals surface area (Å²) in [6.07, 6.45) is 11.9. The molecule has 0 radical (unpaired) electrons. The number of nitrogens with zero attached hydrogens (tertiary/aromatic N) is 1. The van der Waals surface area contributed by atoms with Crippen molar-refractivity contribution in [2.45, 2.75) is 6.42 Å². The average molecular weight is 173 g/mol. The lowest BCUT2D eigenvalue weighted by Crippen LogP contribution is -2.17. The largest absolute Gasteiger partial charge is 0.373 e. The van der Waals surface area contributed by atoms with Gasteiger partial charge in [-0.15, -0.1) is 0 Å². The summed E-state index contributed by atoms with van der Waals surface area (Å²) in [5.74, 6) is 0. The number of hydrogen-bond acceptors (Lipinski definition) is 2. The summed E-state index contributed by atoms with van der Waals surface area (Å²) in [5, 5.41) is 0. The van der Waals surface area contributed by atoms with E-state index in [9.17, 15) is 0 Å². The fourth-order valence-electron chi connectivity index (χ4n) is 1.89. The van der Waals surface area contributed by atoms with Crippen LogP contribution in [0.2, 0.25) is 0 Å². The highest BCUT2D eigenvalue weighted by molar-refractivity contribution is 5.48. The molecule has 0 aliphatic carbocycles. The van der Waals surface area contributed by atoms with Crippen LogP contribution in [0.1, 0.15) is 6.42 Å². The highest BCUT2D eigenvalue weighted by Crippen LogP contribution is 2.30. The quantitative estimate of drug-likeness (QED) is 0.555. The minimum absolute atomic E-state index is 0.750. The molecule has 2 heteroatoms. The molecule has 66 valence electrons. The van der Waals surface area contributed by atoms with Crippen LogP contribution >= 0.6 is 0 Å². The molecule has 0 spiro atoms. The van der Waals surface area contributed by atoms with Crippen LogP contribution in [0.5, 0.6) is 0 Å². The van der Waals surface area contributed by atoms with Crippen molar-refractivity contribution in [3.63, 3.8) is 0 Å². The maximum atomic E-state index is 5.36. The van der Waals surface area contributed by atoms with Crippen molar-refractivity contribution < 1.29 is 4.74 Å². The van der Waals surface area contributed by atoms with Crippen LogP contribution in [0, 0.1) is 0 Å². The minimum Gasteiger partial charge on any atom is -0.373 e. The van der Waals surface area contributed by atoms with Crippen molar-refractivity contribution in [2.75, 3.05) is 13.2 Å². The topological polar surface area (TPSA) is 12.5 Å². The Morgan fingerprint density at radius 2 is 2.38 bits per heavy atom. The van der Waals surface area contributed by atoms with Crippen LogP contribution in [0.25, 0.3) is 0 Å². The first-order valence-corrected chi connectivity index (χ1v) is 4.58. The Morgan fingerprint density at radius 3 is 3.38 bits per heavy atom. The third-order valence-corrected chi connectivity index (χ3v) is 2.59. The minimum atomic E-state index is 0.750. The summed E-state index contributed by atoms with van der Waals surface area (Å²) in [4.78, 5) is 2.18. The van der Waals surface area contributed by atoms with Gasteiger partial charge in [-0.1, -0.05) is 12.2 Å². The number of allylic oxidation sites excluding steroid dienone is 2. The van der Waals surface area contributed by atoms with Gasteiger partial charge in [0.15, 0.2) is 0 Å². The average Bonchev–Trinajstić information content (AvgIpc) is 2.61. The van der Waals surface area contributed by atoms with Gasteiger partial charge in [0.05, 0.1) is 13.2 Å². The molecule has 0 unspecified atom stereocenters. The molecule has 0 aromatic carbocycles. The first-order chi connectivity index (χ1) is 6.43. The lowest BCUT2D eigenvalue weighted by molar-refractivity contribution is 0.179. The van der Waals surface area contributed by atoms with Gasteiger partial charge in [0, 0.05) is 30.1 Å². The van der Waals surface area contributed by atoms with Crippen LogP contribution in [0.4, 0.5) is 0 Å². The monoisotopic (exact) mass is 173 g/mol. The van der Waals surface area contributed by atoms with Gasteiger partial charge in [-0.25, -0.2) is 0 Å². The molecule has 3 heterocycles. The van der Waals surface area contributed by atoms with Crippen molar-refractivity contribution in [3.05, 3.63) is 47.5 Å². The van der Waals surface area contributed by atoms with Gasteiger partial charge in [0.25, 0.3) is 0 Å². The van der Waals surface area contributed by atoms with Gasteiger partial charge in [-0.2, -0.15) is 0 Å². The van der Waals surface area contributed by atoms with Crippen molar-refractivity contribution >= 4 is 0 Å². The molecule has 3 aliphatic rings. The lowest BCUT2D eigenvalue weighted by atomic mass is 10.0. The molecule has 0 N–H and O–H groups in total. The zero-order valence-electron chi connectivity index (χ0n) is 7.36. The predicted molar refractivity (Wildman–Crippen MR) is 50.7 cm³/mol. The molecular weight excluding hydrogens is 162 g/mol. The number of rotatable bonds is 0. The Kier molecular flexibility index (Phi) is 1.43. The van der Waals surface area contributed by atoms with Gasteiger partial charge >= 0.3 is 0 Å². The van der Waals surface area contributed by atoms with Crippen LogP contribution in [-0.2, 0) is 4.74 Å². The van der Waals surface area contributed by atoms with E-state index < -0.39 is 0 Å². The summed E-state index contributed by atoms with van der Waals surface area (Å²) in [6.45, 7) is 1.50. The maximum Gasteiger partial charge on any atom is 0.0741 e. The maximum absolute atomic E-state index is 5.36. The van der Waals surface area contributed by atoms with E-state index >= 15 is 0 Å². The van der Waals surface area contributed by atoms with Crippen LogP contribution in [0.15, 0.2) is 47.5 Å². The van der Waals surface area contributed by atoms with E-state index in [0.717, 1.165) is 19.6 Å².